The van der Waals surface area contributed by atoms with Crippen LogP contribution >= 0.6 is 11.6 Å². The second-order valence-corrected chi connectivity index (χ2v) is 9.86. The molecule has 0 N–H and O–H groups in total. The van der Waals surface area contributed by atoms with Gasteiger partial charge < -0.3 is 4.74 Å². The molecule has 1 aromatic carbocycles. The molecule has 0 unspecified atom stereocenters. The van der Waals surface area contributed by atoms with Crippen molar-refractivity contribution in [1.82, 2.24) is 4.90 Å². The predicted octanol–water partition coefficient (Wildman–Crippen LogP) is 3.14. The molecule has 31 heavy (non-hydrogen) atoms. The van der Waals surface area contributed by atoms with Gasteiger partial charge >= 0.3 is 5.97 Å². The zero-order chi connectivity index (χ0) is 22.0. The van der Waals surface area contributed by atoms with Gasteiger partial charge in [0.2, 0.25) is 11.8 Å². The third-order valence-corrected chi connectivity index (χ3v) is 7.61. The SMILES string of the molecule is CC(C)[C@H](C(=O)OCC(=O)c1ccc(Cl)cc1)N1C(=O)[C@@H]2[C@@H]3C=C[C@H]([C@H]4C[C@H]34)[C@@H]2C1=O. The number of carbonyl (C=O) groups is 4. The number of allylic oxidation sites excluding steroid dienone is 2. The number of likely N-dealkylation sites (tertiary alicyclic amines) is 1. The Labute approximate surface area is 185 Å². The van der Waals surface area contributed by atoms with Crippen LogP contribution in [0.25, 0.3) is 0 Å². The number of esters is 1. The maximum atomic E-state index is 13.3. The number of rotatable bonds is 6. The van der Waals surface area contributed by atoms with Gasteiger partial charge in [-0.05, 0) is 60.3 Å². The summed E-state index contributed by atoms with van der Waals surface area (Å²) in [6.07, 6.45) is 5.28. The minimum Gasteiger partial charge on any atom is -0.456 e. The van der Waals surface area contributed by atoms with Crippen molar-refractivity contribution in [2.75, 3.05) is 6.61 Å². The van der Waals surface area contributed by atoms with Crippen LogP contribution in [0, 0.1) is 41.4 Å². The highest BCUT2D eigenvalue weighted by atomic mass is 35.5. The number of ether oxygens (including phenoxy) is 1. The van der Waals surface area contributed by atoms with Crippen LogP contribution in [0.15, 0.2) is 36.4 Å². The zero-order valence-corrected chi connectivity index (χ0v) is 18.1. The summed E-state index contributed by atoms with van der Waals surface area (Å²) in [7, 11) is 0. The third kappa shape index (κ3) is 3.15. The lowest BCUT2D eigenvalue weighted by Crippen LogP contribution is -2.49. The summed E-state index contributed by atoms with van der Waals surface area (Å²) in [5.41, 5.74) is 0.375. The first-order chi connectivity index (χ1) is 14.8. The van der Waals surface area contributed by atoms with E-state index in [1.807, 2.05) is 0 Å². The van der Waals surface area contributed by atoms with Crippen molar-refractivity contribution in [1.29, 1.82) is 0 Å². The summed E-state index contributed by atoms with van der Waals surface area (Å²) in [5.74, 6) is -1.50. The van der Waals surface area contributed by atoms with Crippen molar-refractivity contribution < 1.29 is 23.9 Å². The van der Waals surface area contributed by atoms with Gasteiger partial charge in [-0.3, -0.25) is 19.3 Å². The molecule has 6 nitrogen and oxygen atoms in total. The maximum Gasteiger partial charge on any atom is 0.330 e. The Kier molecular flexibility index (Phi) is 4.81. The molecule has 1 aliphatic heterocycles. The molecule has 7 atom stereocenters. The molecule has 7 heteroatoms. The molecule has 1 saturated heterocycles. The van der Waals surface area contributed by atoms with Crippen molar-refractivity contribution in [3.05, 3.63) is 47.0 Å². The highest BCUT2D eigenvalue weighted by molar-refractivity contribution is 6.30. The van der Waals surface area contributed by atoms with E-state index in [9.17, 15) is 19.2 Å². The molecule has 2 bridgehead atoms. The van der Waals surface area contributed by atoms with E-state index in [0.29, 0.717) is 22.4 Å². The predicted molar refractivity (Wildman–Crippen MR) is 112 cm³/mol. The Hall–Kier alpha value is -2.47. The molecular formula is C24H24ClNO5. The first kappa shape index (κ1) is 20.4. The Morgan fingerprint density at radius 1 is 1.03 bits per heavy atom. The number of amides is 2. The molecule has 2 saturated carbocycles. The molecule has 4 aliphatic carbocycles. The molecule has 0 radical (unpaired) electrons. The monoisotopic (exact) mass is 441 g/mol. The van der Waals surface area contributed by atoms with Gasteiger partial charge in [0.1, 0.15) is 6.04 Å². The van der Waals surface area contributed by atoms with Crippen LogP contribution in [0.2, 0.25) is 5.02 Å². The molecule has 5 aliphatic rings. The average molecular weight is 442 g/mol. The number of carbonyl (C=O) groups excluding carboxylic acids is 4. The van der Waals surface area contributed by atoms with Crippen molar-refractivity contribution in [2.45, 2.75) is 26.3 Å². The fourth-order valence-corrected chi connectivity index (χ4v) is 6.00. The summed E-state index contributed by atoms with van der Waals surface area (Å²) < 4.78 is 5.29. The number of benzene rings is 1. The number of Topliss-reactive ketones (excluding diaryl/α,β-unsaturated/α-hetero) is 1. The molecule has 162 valence electrons. The van der Waals surface area contributed by atoms with E-state index in [4.69, 9.17) is 16.3 Å². The van der Waals surface area contributed by atoms with Gasteiger partial charge in [-0.15, -0.1) is 0 Å². The summed E-state index contributed by atoms with van der Waals surface area (Å²) in [6.45, 7) is 3.10. The van der Waals surface area contributed by atoms with E-state index in [2.05, 4.69) is 12.2 Å². The summed E-state index contributed by atoms with van der Waals surface area (Å²) in [6, 6.07) is 5.27. The zero-order valence-electron chi connectivity index (χ0n) is 17.4. The van der Waals surface area contributed by atoms with Crippen molar-refractivity contribution >= 4 is 35.2 Å². The van der Waals surface area contributed by atoms with E-state index >= 15 is 0 Å². The number of hydrogen-bond acceptors (Lipinski definition) is 5. The van der Waals surface area contributed by atoms with E-state index in [1.54, 1.807) is 38.1 Å². The normalized spacial score (nSPS) is 33.4. The molecule has 3 fully saturated rings. The lowest BCUT2D eigenvalue weighted by Gasteiger charge is -2.37. The van der Waals surface area contributed by atoms with E-state index in [1.165, 1.54) is 0 Å². The summed E-state index contributed by atoms with van der Waals surface area (Å²) in [5, 5.41) is 0.502. The second-order valence-electron chi connectivity index (χ2n) is 9.43. The van der Waals surface area contributed by atoms with Gasteiger partial charge in [-0.25, -0.2) is 4.79 Å². The Balaban J connectivity index is 1.32. The van der Waals surface area contributed by atoms with Crippen LogP contribution in [-0.4, -0.2) is 41.1 Å². The third-order valence-electron chi connectivity index (χ3n) is 7.36. The van der Waals surface area contributed by atoms with Gasteiger partial charge in [0.15, 0.2) is 12.4 Å². The first-order valence-electron chi connectivity index (χ1n) is 10.8. The Bertz CT molecular complexity index is 964. The molecule has 1 aromatic rings. The molecule has 1 heterocycles. The smallest absolute Gasteiger partial charge is 0.330 e. The standard InChI is InChI=1S/C24H24ClNO5/c1-11(2)21(24(30)31-10-18(27)12-3-5-13(25)6-4-12)26-22(28)19-14-7-8-15(17-9-16(14)17)20(19)23(26)29/h3-8,11,14-17,19-21H,9-10H2,1-2H3/t14-,15-,16-,17-,19-,20+,21-/m1/s1. The topological polar surface area (TPSA) is 80.8 Å². The lowest BCUT2D eigenvalue weighted by atomic mass is 9.63. The van der Waals surface area contributed by atoms with Gasteiger partial charge in [0, 0.05) is 10.6 Å². The van der Waals surface area contributed by atoms with Crippen molar-refractivity contribution in [3.63, 3.8) is 0 Å². The average Bonchev–Trinajstić information content (AvgIpc) is 3.53. The van der Waals surface area contributed by atoms with Crippen molar-refractivity contribution in [2.24, 2.45) is 41.4 Å². The highest BCUT2D eigenvalue weighted by Crippen LogP contribution is 2.65. The van der Waals surface area contributed by atoms with Crippen molar-refractivity contribution in [3.8, 4) is 0 Å². The minimum absolute atomic E-state index is 0.0942. The van der Waals surface area contributed by atoms with Gasteiger partial charge in [-0.2, -0.15) is 0 Å². The molecule has 6 rings (SSSR count). The maximum absolute atomic E-state index is 13.3. The molecule has 0 aromatic heterocycles. The number of halogens is 1. The van der Waals surface area contributed by atoms with Crippen LogP contribution in [0.1, 0.15) is 30.6 Å². The summed E-state index contributed by atoms with van der Waals surface area (Å²) >= 11 is 5.84. The van der Waals surface area contributed by atoms with Crippen LogP contribution < -0.4 is 0 Å². The first-order valence-corrected chi connectivity index (χ1v) is 11.2. The fourth-order valence-electron chi connectivity index (χ4n) is 5.87. The number of imide groups is 1. The van der Waals surface area contributed by atoms with E-state index in [0.717, 1.165) is 11.3 Å². The molecular weight excluding hydrogens is 418 g/mol. The van der Waals surface area contributed by atoms with Gasteiger partial charge in [0.25, 0.3) is 0 Å². The minimum atomic E-state index is -1.03. The van der Waals surface area contributed by atoms with Crippen LogP contribution in [-0.2, 0) is 19.1 Å². The van der Waals surface area contributed by atoms with Crippen LogP contribution in [0.4, 0.5) is 0 Å². The van der Waals surface area contributed by atoms with Gasteiger partial charge in [0.05, 0.1) is 11.8 Å². The van der Waals surface area contributed by atoms with Gasteiger partial charge in [-0.1, -0.05) is 37.6 Å². The Morgan fingerprint density at radius 2 is 1.58 bits per heavy atom. The highest BCUT2D eigenvalue weighted by Gasteiger charge is 2.68. The van der Waals surface area contributed by atoms with Crippen LogP contribution in [0.3, 0.4) is 0 Å². The molecule has 2 amide bonds. The van der Waals surface area contributed by atoms with E-state index in [-0.39, 0.29) is 47.2 Å². The molecule has 0 spiro atoms. The fraction of sp³-hybridized carbons (Fsp3) is 0.500. The van der Waals surface area contributed by atoms with Crippen LogP contribution in [0.5, 0.6) is 0 Å². The largest absolute Gasteiger partial charge is 0.456 e. The lowest BCUT2D eigenvalue weighted by molar-refractivity contribution is -0.160. The summed E-state index contributed by atoms with van der Waals surface area (Å²) in [4.78, 5) is 53.1. The number of nitrogens with zero attached hydrogens (tertiary/aromatic N) is 1. The second kappa shape index (κ2) is 7.30. The number of ketones is 1. The van der Waals surface area contributed by atoms with E-state index < -0.39 is 18.6 Å². The Morgan fingerprint density at radius 3 is 2.10 bits per heavy atom. The quantitative estimate of drug-likeness (QED) is 0.293. The number of hydrogen-bond donors (Lipinski definition) is 0.